The highest BCUT2D eigenvalue weighted by Crippen LogP contribution is 2.49. The Morgan fingerprint density at radius 2 is 1.80 bits per heavy atom. The van der Waals surface area contributed by atoms with Crippen molar-refractivity contribution in [3.8, 4) is 0 Å². The number of aliphatic hydroxyl groups excluding tert-OH is 3. The van der Waals surface area contributed by atoms with Gasteiger partial charge in [0, 0.05) is 20.4 Å². The lowest BCUT2D eigenvalue weighted by molar-refractivity contribution is -0.158. The van der Waals surface area contributed by atoms with Crippen LogP contribution in [0.5, 0.6) is 0 Å². The Bertz CT molecular complexity index is 1340. The summed E-state index contributed by atoms with van der Waals surface area (Å²) in [5, 5.41) is 33.9. The Morgan fingerprint density at radius 3 is 2.45 bits per heavy atom. The molecule has 20 heteroatoms. The fourth-order valence-electron chi connectivity index (χ4n) is 5.29. The molecule has 3 fully saturated rings. The minimum absolute atomic E-state index is 0.488. The van der Waals surface area contributed by atoms with Crippen LogP contribution in [0, 0.1) is 0 Å². The standard InChI is InChI=1S/C20H27N4O15P/c1-34-12-10(26)8-5-36-40(32,33)39-11-7(4-25)37-17(13(11)35-2)23-3-6(14(27)21-19(23)30)9-15(28)22-20(31)24(16(9)29)18(12)38-8/h3,7-13,16-18,25-26,29H,4-5H2,1-2H3,(H,32,33)(H,21,27,30)(H,22,28,31)/t7-,8-,9?,10-,11-,12-,13-,16?,17-,18-/m1/s1. The number of hydrogen-bond donors (Lipinski definition) is 6. The SMILES string of the molecule is CO[C@@H]1[C@H](O)[C@H]2COP(=O)(O)O[C@H]3[C@@H](OC)[C@@H](O[C@@H]3CO)n3cc(c(=O)[nH]c3=O)C3C(=O)NC(=O)N(C3O)[C@@H]1O2. The van der Waals surface area contributed by atoms with Crippen LogP contribution in [0.25, 0.3) is 0 Å². The van der Waals surface area contributed by atoms with Gasteiger partial charge in [-0.05, 0) is 0 Å². The maximum absolute atomic E-state index is 12.9. The zero-order valence-electron chi connectivity index (χ0n) is 20.9. The van der Waals surface area contributed by atoms with Gasteiger partial charge in [0.05, 0.1) is 18.8 Å². The molecule has 6 N–H and O–H groups in total. The van der Waals surface area contributed by atoms with Crippen molar-refractivity contribution in [2.75, 3.05) is 27.4 Å². The van der Waals surface area contributed by atoms with Gasteiger partial charge in [-0.2, -0.15) is 0 Å². The molecule has 0 aromatic carbocycles. The summed E-state index contributed by atoms with van der Waals surface area (Å²) in [6.07, 6.45) is -12.8. The highest BCUT2D eigenvalue weighted by Gasteiger charge is 2.56. The molecular formula is C20H27N4O15P. The number of aromatic nitrogens is 2. The second-order valence-electron chi connectivity index (χ2n) is 9.38. The Labute approximate surface area is 223 Å². The Hall–Kier alpha value is -2.55. The van der Waals surface area contributed by atoms with E-state index in [9.17, 15) is 44.0 Å². The molecule has 40 heavy (non-hydrogen) atoms. The summed E-state index contributed by atoms with van der Waals surface area (Å²) < 4.78 is 45.8. The van der Waals surface area contributed by atoms with E-state index in [1.54, 1.807) is 0 Å². The summed E-state index contributed by atoms with van der Waals surface area (Å²) >= 11 is 0. The van der Waals surface area contributed by atoms with Crippen LogP contribution in [-0.2, 0) is 37.4 Å². The highest BCUT2D eigenvalue weighted by molar-refractivity contribution is 7.47. The fraction of sp³-hybridized carbons (Fsp3) is 0.700. The summed E-state index contributed by atoms with van der Waals surface area (Å²) in [6, 6.07) is -1.16. The monoisotopic (exact) mass is 594 g/mol. The highest BCUT2D eigenvalue weighted by atomic mass is 31.2. The average Bonchev–Trinajstić information content (AvgIpc) is 3.38. The van der Waals surface area contributed by atoms with Crippen LogP contribution in [0.3, 0.4) is 0 Å². The van der Waals surface area contributed by atoms with E-state index in [2.05, 4.69) is 0 Å². The zero-order valence-corrected chi connectivity index (χ0v) is 21.8. The first-order valence-corrected chi connectivity index (χ1v) is 13.4. The summed E-state index contributed by atoms with van der Waals surface area (Å²) in [7, 11) is -2.68. The number of aliphatic hydroxyl groups is 3. The number of fused-ring (bicyclic) bond motifs is 11. The number of ether oxygens (including phenoxy) is 4. The van der Waals surface area contributed by atoms with Crippen LogP contribution in [0.1, 0.15) is 17.7 Å². The number of carbonyl (C=O) groups is 2. The molecular weight excluding hydrogens is 567 g/mol. The summed E-state index contributed by atoms with van der Waals surface area (Å²) in [5.41, 5.74) is -2.64. The second kappa shape index (κ2) is 10.7. The normalized spacial score (nSPS) is 41.7. The molecule has 0 saturated carbocycles. The van der Waals surface area contributed by atoms with Crippen molar-refractivity contribution in [3.63, 3.8) is 0 Å². The molecule has 11 atom stereocenters. The number of aromatic amines is 1. The van der Waals surface area contributed by atoms with Gasteiger partial charge < -0.3 is 39.2 Å². The lowest BCUT2D eigenvalue weighted by Gasteiger charge is -2.41. The van der Waals surface area contributed by atoms with E-state index in [1.165, 1.54) is 0 Å². The molecule has 4 aliphatic rings. The number of phosphoric ester groups is 1. The van der Waals surface area contributed by atoms with Crippen molar-refractivity contribution < 1.29 is 62.4 Å². The summed E-state index contributed by atoms with van der Waals surface area (Å²) in [4.78, 5) is 64.5. The van der Waals surface area contributed by atoms with Crippen molar-refractivity contribution in [1.82, 2.24) is 19.8 Å². The third kappa shape index (κ3) is 4.72. The topological polar surface area (TPSA) is 258 Å². The second-order valence-corrected chi connectivity index (χ2v) is 10.8. The molecule has 3 saturated heterocycles. The van der Waals surface area contributed by atoms with Crippen LogP contribution >= 0.6 is 7.82 Å². The van der Waals surface area contributed by atoms with Crippen LogP contribution in [-0.4, -0.2) is 123 Å². The molecule has 5 heterocycles. The van der Waals surface area contributed by atoms with E-state index >= 15 is 0 Å². The van der Waals surface area contributed by atoms with E-state index in [0.717, 1.165) is 25.0 Å². The van der Waals surface area contributed by atoms with E-state index in [4.69, 9.17) is 28.0 Å². The lowest BCUT2D eigenvalue weighted by atomic mass is 9.95. The number of nitrogens with one attached hydrogen (secondary N) is 2. The van der Waals surface area contributed by atoms with E-state index < -0.39 is 111 Å². The quantitative estimate of drug-likeness (QED) is 0.182. The predicted molar refractivity (Wildman–Crippen MR) is 123 cm³/mol. The third-order valence-electron chi connectivity index (χ3n) is 7.19. The first kappa shape index (κ1) is 29.0. The smallest absolute Gasteiger partial charge is 0.394 e. The Kier molecular flexibility index (Phi) is 7.74. The molecule has 1 aromatic heterocycles. The van der Waals surface area contributed by atoms with Crippen LogP contribution in [0.2, 0.25) is 0 Å². The molecule has 8 bridgehead atoms. The van der Waals surface area contributed by atoms with Gasteiger partial charge in [-0.3, -0.25) is 38.4 Å². The summed E-state index contributed by atoms with van der Waals surface area (Å²) in [5.74, 6) is -2.88. The molecule has 3 amide bonds. The maximum atomic E-state index is 12.9. The first-order chi connectivity index (χ1) is 18.9. The van der Waals surface area contributed by atoms with E-state index in [-0.39, 0.29) is 0 Å². The number of phosphoric acid groups is 1. The number of hydrogen-bond acceptors (Lipinski definition) is 14. The lowest BCUT2D eigenvalue weighted by Crippen LogP contribution is -2.65. The molecule has 1 aromatic rings. The molecule has 3 unspecified atom stereocenters. The maximum Gasteiger partial charge on any atom is 0.472 e. The van der Waals surface area contributed by atoms with Crippen molar-refractivity contribution in [3.05, 3.63) is 32.6 Å². The minimum atomic E-state index is -5.00. The number of H-pyrrole nitrogens is 1. The van der Waals surface area contributed by atoms with Crippen molar-refractivity contribution >= 4 is 19.8 Å². The van der Waals surface area contributed by atoms with Gasteiger partial charge in [0.2, 0.25) is 5.91 Å². The number of carbonyl (C=O) groups excluding carboxylic acids is 2. The van der Waals surface area contributed by atoms with E-state index in [0.29, 0.717) is 4.90 Å². The van der Waals surface area contributed by atoms with Gasteiger partial charge >= 0.3 is 19.5 Å². The van der Waals surface area contributed by atoms with Gasteiger partial charge in [0.1, 0.15) is 48.8 Å². The van der Waals surface area contributed by atoms with E-state index in [1.807, 2.05) is 10.3 Å². The fourth-order valence-corrected chi connectivity index (χ4v) is 6.25. The van der Waals surface area contributed by atoms with Crippen LogP contribution in [0.15, 0.2) is 15.8 Å². The number of amides is 3. The summed E-state index contributed by atoms with van der Waals surface area (Å²) in [6.45, 7) is -1.55. The average molecular weight is 594 g/mol. The van der Waals surface area contributed by atoms with Crippen LogP contribution in [0.4, 0.5) is 4.79 Å². The van der Waals surface area contributed by atoms with Gasteiger partial charge in [-0.1, -0.05) is 0 Å². The van der Waals surface area contributed by atoms with Gasteiger partial charge in [0.15, 0.2) is 12.5 Å². The van der Waals surface area contributed by atoms with Gasteiger partial charge in [-0.15, -0.1) is 0 Å². The van der Waals surface area contributed by atoms with Crippen molar-refractivity contribution in [2.45, 2.75) is 61.2 Å². The molecule has 5 rings (SSSR count). The first-order valence-electron chi connectivity index (χ1n) is 11.9. The zero-order chi connectivity index (χ0) is 29.1. The Morgan fingerprint density at radius 1 is 1.10 bits per heavy atom. The molecule has 0 aliphatic carbocycles. The van der Waals surface area contributed by atoms with Gasteiger partial charge in [-0.25, -0.2) is 14.2 Å². The third-order valence-corrected chi connectivity index (χ3v) is 8.17. The predicted octanol–water partition coefficient (Wildman–Crippen LogP) is -3.99. The molecule has 0 spiro atoms. The largest absolute Gasteiger partial charge is 0.472 e. The number of urea groups is 1. The minimum Gasteiger partial charge on any atom is -0.394 e. The molecule has 19 nitrogen and oxygen atoms in total. The number of methoxy groups -OCH3 is 2. The number of imide groups is 1. The number of rotatable bonds is 3. The van der Waals surface area contributed by atoms with Crippen molar-refractivity contribution in [1.29, 1.82) is 0 Å². The molecule has 222 valence electrons. The molecule has 4 aliphatic heterocycles. The molecule has 0 radical (unpaired) electrons. The van der Waals surface area contributed by atoms with Gasteiger partial charge in [0.25, 0.3) is 5.56 Å². The Balaban J connectivity index is 1.69. The van der Waals surface area contributed by atoms with Crippen LogP contribution < -0.4 is 16.6 Å². The number of nitrogens with zero attached hydrogens (tertiary/aromatic N) is 2. The van der Waals surface area contributed by atoms with Crippen molar-refractivity contribution in [2.24, 2.45) is 0 Å².